The number of amides is 1. The van der Waals surface area contributed by atoms with Crippen molar-refractivity contribution in [3.8, 4) is 0 Å². The number of rotatable bonds is 6. The Kier molecular flexibility index (Phi) is 5.66. The molecule has 0 aromatic carbocycles. The van der Waals surface area contributed by atoms with Gasteiger partial charge in [0.2, 0.25) is 5.91 Å². The van der Waals surface area contributed by atoms with Gasteiger partial charge in [0.15, 0.2) is 0 Å². The Morgan fingerprint density at radius 2 is 1.96 bits per heavy atom. The van der Waals surface area contributed by atoms with E-state index in [1.165, 1.54) is 10.4 Å². The third-order valence-corrected chi connectivity index (χ3v) is 7.01. The number of hydrogen-bond donors (Lipinski definition) is 1. The Bertz CT molecular complexity index is 845. The van der Waals surface area contributed by atoms with Crippen molar-refractivity contribution in [3.63, 3.8) is 0 Å². The number of thiophene rings is 1. The first-order chi connectivity index (χ1) is 11.9. The van der Waals surface area contributed by atoms with Gasteiger partial charge in [0.05, 0.1) is 28.9 Å². The molecule has 0 aliphatic heterocycles. The van der Waals surface area contributed by atoms with Crippen molar-refractivity contribution >= 4 is 39.9 Å². The summed E-state index contributed by atoms with van der Waals surface area (Å²) in [6, 6.07) is 2.02. The number of hydrogen-bond acceptors (Lipinski definition) is 6. The zero-order chi connectivity index (χ0) is 18.0. The highest BCUT2D eigenvalue weighted by Gasteiger charge is 2.21. The van der Waals surface area contributed by atoms with Crippen molar-refractivity contribution in [2.24, 2.45) is 0 Å². The van der Waals surface area contributed by atoms with E-state index in [2.05, 4.69) is 39.0 Å². The molecule has 1 atom stereocenters. The van der Waals surface area contributed by atoms with Gasteiger partial charge in [-0.05, 0) is 50.1 Å². The normalized spacial score (nSPS) is 12.3. The predicted octanol–water partition coefficient (Wildman–Crippen LogP) is 4.54. The molecule has 0 fully saturated rings. The van der Waals surface area contributed by atoms with Gasteiger partial charge in [0.1, 0.15) is 5.01 Å². The minimum absolute atomic E-state index is 0.0254. The standard InChI is InChI=1S/C18H21N3OS3/c1-10-12(3)24-18(20-10)15(7-14-5-6-23-9-14)21-17(22)8-16-11(2)19-13(4)25-16/h5-6,9,15H,7-8H2,1-4H3,(H,21,22)/t15-/m1/s1. The molecule has 1 N–H and O–H groups in total. The van der Waals surface area contributed by atoms with Gasteiger partial charge in [-0.15, -0.1) is 22.7 Å². The molecule has 1 amide bonds. The smallest absolute Gasteiger partial charge is 0.225 e. The SMILES string of the molecule is Cc1nc(C)c(CC(=O)N[C@H](Cc2ccsc2)c2nc(C)c(C)s2)s1. The monoisotopic (exact) mass is 391 g/mol. The van der Waals surface area contributed by atoms with Crippen LogP contribution in [0.2, 0.25) is 0 Å². The summed E-state index contributed by atoms with van der Waals surface area (Å²) < 4.78 is 0. The first-order valence-corrected chi connectivity index (χ1v) is 10.7. The molecule has 0 spiro atoms. The number of aryl methyl sites for hydroxylation is 4. The third kappa shape index (κ3) is 4.54. The van der Waals surface area contributed by atoms with Crippen LogP contribution in [-0.2, 0) is 17.6 Å². The quantitative estimate of drug-likeness (QED) is 0.671. The van der Waals surface area contributed by atoms with E-state index in [9.17, 15) is 4.79 Å². The minimum Gasteiger partial charge on any atom is -0.346 e. The summed E-state index contributed by atoms with van der Waals surface area (Å²) in [6.07, 6.45) is 1.14. The van der Waals surface area contributed by atoms with Crippen LogP contribution in [0.15, 0.2) is 16.8 Å². The lowest BCUT2D eigenvalue weighted by atomic mass is 10.1. The molecule has 0 saturated heterocycles. The van der Waals surface area contributed by atoms with E-state index >= 15 is 0 Å². The van der Waals surface area contributed by atoms with E-state index < -0.39 is 0 Å². The van der Waals surface area contributed by atoms with Crippen LogP contribution < -0.4 is 5.32 Å². The molecule has 3 aromatic heterocycles. The van der Waals surface area contributed by atoms with Crippen molar-refractivity contribution in [1.29, 1.82) is 0 Å². The Hall–Kier alpha value is -1.57. The maximum atomic E-state index is 12.6. The summed E-state index contributed by atoms with van der Waals surface area (Å²) in [5.41, 5.74) is 3.22. The first-order valence-electron chi connectivity index (χ1n) is 8.09. The summed E-state index contributed by atoms with van der Waals surface area (Å²) in [4.78, 5) is 23.9. The van der Waals surface area contributed by atoms with Gasteiger partial charge in [0, 0.05) is 16.2 Å². The fourth-order valence-corrected chi connectivity index (χ4v) is 5.21. The molecule has 7 heteroatoms. The molecule has 3 rings (SSSR count). The summed E-state index contributed by atoms with van der Waals surface area (Å²) in [6.45, 7) is 8.02. The number of carbonyl (C=O) groups excluding carboxylic acids is 1. The molecule has 0 saturated carbocycles. The minimum atomic E-state index is -0.0891. The largest absolute Gasteiger partial charge is 0.346 e. The molecule has 0 radical (unpaired) electrons. The highest BCUT2D eigenvalue weighted by atomic mass is 32.1. The number of nitrogens with zero attached hydrogens (tertiary/aromatic N) is 2. The predicted molar refractivity (Wildman–Crippen MR) is 106 cm³/mol. The molecule has 0 aliphatic carbocycles. The summed E-state index contributed by atoms with van der Waals surface area (Å²) in [5.74, 6) is 0.0254. The Morgan fingerprint density at radius 1 is 1.16 bits per heavy atom. The molecule has 0 bridgehead atoms. The maximum Gasteiger partial charge on any atom is 0.225 e. The molecular weight excluding hydrogens is 370 g/mol. The van der Waals surface area contributed by atoms with Crippen LogP contribution in [0.4, 0.5) is 0 Å². The molecule has 3 aromatic rings. The van der Waals surface area contributed by atoms with Crippen molar-refractivity contribution in [2.75, 3.05) is 0 Å². The lowest BCUT2D eigenvalue weighted by molar-refractivity contribution is -0.121. The molecule has 25 heavy (non-hydrogen) atoms. The first kappa shape index (κ1) is 18.2. The van der Waals surface area contributed by atoms with Crippen LogP contribution in [0.5, 0.6) is 0 Å². The summed E-state index contributed by atoms with van der Waals surface area (Å²) in [7, 11) is 0. The zero-order valence-corrected chi connectivity index (χ0v) is 17.2. The molecule has 3 heterocycles. The van der Waals surface area contributed by atoms with Gasteiger partial charge in [-0.3, -0.25) is 4.79 Å². The highest BCUT2D eigenvalue weighted by molar-refractivity contribution is 7.12. The van der Waals surface area contributed by atoms with Crippen LogP contribution in [0, 0.1) is 27.7 Å². The molecule has 0 unspecified atom stereocenters. The van der Waals surface area contributed by atoms with Gasteiger partial charge in [-0.25, -0.2) is 9.97 Å². The van der Waals surface area contributed by atoms with Gasteiger partial charge in [-0.1, -0.05) is 0 Å². The van der Waals surface area contributed by atoms with E-state index in [1.807, 2.05) is 20.8 Å². The molecule has 4 nitrogen and oxygen atoms in total. The number of aromatic nitrogens is 2. The second kappa shape index (κ2) is 7.76. The average molecular weight is 392 g/mol. The maximum absolute atomic E-state index is 12.6. The Balaban J connectivity index is 1.76. The second-order valence-electron chi connectivity index (χ2n) is 6.07. The fraction of sp³-hybridized carbons (Fsp3) is 0.389. The number of nitrogens with one attached hydrogen (secondary N) is 1. The van der Waals surface area contributed by atoms with Gasteiger partial charge in [-0.2, -0.15) is 11.3 Å². The highest BCUT2D eigenvalue weighted by Crippen LogP contribution is 2.27. The van der Waals surface area contributed by atoms with Gasteiger partial charge >= 0.3 is 0 Å². The summed E-state index contributed by atoms with van der Waals surface area (Å²) in [5, 5.41) is 9.36. The van der Waals surface area contributed by atoms with Crippen LogP contribution in [0.3, 0.4) is 0 Å². The lowest BCUT2D eigenvalue weighted by Gasteiger charge is -2.16. The van der Waals surface area contributed by atoms with Crippen LogP contribution in [-0.4, -0.2) is 15.9 Å². The van der Waals surface area contributed by atoms with Gasteiger partial charge < -0.3 is 5.32 Å². The van der Waals surface area contributed by atoms with Crippen molar-refractivity contribution in [2.45, 2.75) is 46.6 Å². The van der Waals surface area contributed by atoms with E-state index in [1.54, 1.807) is 34.0 Å². The van der Waals surface area contributed by atoms with Crippen molar-refractivity contribution in [3.05, 3.63) is 53.5 Å². The topological polar surface area (TPSA) is 54.9 Å². The average Bonchev–Trinajstić information content (AvgIpc) is 3.23. The molecular formula is C18H21N3OS3. The summed E-state index contributed by atoms with van der Waals surface area (Å²) >= 11 is 4.94. The third-order valence-electron chi connectivity index (χ3n) is 4.02. The van der Waals surface area contributed by atoms with Gasteiger partial charge in [0.25, 0.3) is 0 Å². The second-order valence-corrected chi connectivity index (χ2v) is 9.37. The number of carbonyl (C=O) groups is 1. The van der Waals surface area contributed by atoms with E-state index in [4.69, 9.17) is 0 Å². The molecule has 0 aliphatic rings. The Morgan fingerprint density at radius 3 is 2.52 bits per heavy atom. The lowest BCUT2D eigenvalue weighted by Crippen LogP contribution is -2.31. The van der Waals surface area contributed by atoms with Crippen LogP contribution in [0.1, 0.15) is 42.8 Å². The van der Waals surface area contributed by atoms with Crippen LogP contribution >= 0.6 is 34.0 Å². The Labute approximate surface area is 160 Å². The fourth-order valence-electron chi connectivity index (χ4n) is 2.62. The van der Waals surface area contributed by atoms with Crippen molar-refractivity contribution < 1.29 is 4.79 Å². The van der Waals surface area contributed by atoms with E-state index in [-0.39, 0.29) is 11.9 Å². The van der Waals surface area contributed by atoms with E-state index in [0.717, 1.165) is 32.7 Å². The molecule has 132 valence electrons. The van der Waals surface area contributed by atoms with E-state index in [0.29, 0.717) is 6.42 Å². The van der Waals surface area contributed by atoms with Crippen molar-refractivity contribution in [1.82, 2.24) is 15.3 Å². The number of thiazole rings is 2. The van der Waals surface area contributed by atoms with Crippen LogP contribution in [0.25, 0.3) is 0 Å². The zero-order valence-electron chi connectivity index (χ0n) is 14.8.